The topological polar surface area (TPSA) is 96.9 Å². The summed E-state index contributed by atoms with van der Waals surface area (Å²) in [6.07, 6.45) is 2.12. The van der Waals surface area contributed by atoms with Crippen molar-refractivity contribution in [2.75, 3.05) is 13.2 Å². The molecule has 0 saturated heterocycles. The molecule has 2 aromatic carbocycles. The fraction of sp³-hybridized carbons (Fsp3) is 0.333. The Balaban J connectivity index is 1.54. The van der Waals surface area contributed by atoms with Gasteiger partial charge in [-0.25, -0.2) is 4.99 Å². The van der Waals surface area contributed by atoms with E-state index in [1.807, 2.05) is 52.8 Å². The van der Waals surface area contributed by atoms with Gasteiger partial charge in [0.05, 0.1) is 34.3 Å². The highest BCUT2D eigenvalue weighted by Gasteiger charge is 2.43. The summed E-state index contributed by atoms with van der Waals surface area (Å²) in [7, 11) is 0. The summed E-state index contributed by atoms with van der Waals surface area (Å²) in [6.45, 7) is 10.3. The number of aryl methyl sites for hydroxylation is 3. The van der Waals surface area contributed by atoms with Crippen LogP contribution in [0.3, 0.4) is 0 Å². The lowest BCUT2D eigenvalue weighted by Gasteiger charge is -2.36. The van der Waals surface area contributed by atoms with Crippen LogP contribution in [0.25, 0.3) is 0 Å². The number of carbonyl (C=O) groups is 3. The van der Waals surface area contributed by atoms with Crippen LogP contribution in [0.4, 0.5) is 5.69 Å². The Morgan fingerprint density at radius 3 is 2.53 bits per heavy atom. The van der Waals surface area contributed by atoms with Gasteiger partial charge in [-0.1, -0.05) is 49.2 Å². The van der Waals surface area contributed by atoms with Gasteiger partial charge in [-0.15, -0.1) is 0 Å². The fourth-order valence-corrected chi connectivity index (χ4v) is 4.98. The number of allylic oxidation sites excluding steroid dienone is 2. The summed E-state index contributed by atoms with van der Waals surface area (Å²) in [5.41, 5.74) is 3.88. The van der Waals surface area contributed by atoms with Crippen molar-refractivity contribution in [3.05, 3.63) is 81.0 Å². The molecule has 2 N–H and O–H groups in total. The molecule has 4 rings (SSSR count). The largest absolute Gasteiger partial charge is 0.493 e. The van der Waals surface area contributed by atoms with Crippen LogP contribution in [0.1, 0.15) is 43.4 Å². The van der Waals surface area contributed by atoms with Gasteiger partial charge in [0.25, 0.3) is 5.91 Å². The third-order valence-corrected chi connectivity index (χ3v) is 6.89. The third kappa shape index (κ3) is 5.89. The SMILES string of the molecule is Cc1ccc(OCCCNC(=O)C2=CC(=Nc3ccc(C)cc3Cl)C3=C(C2=O)C(C)(C)CC(=O)N3)c(C)c1. The molecule has 2 amide bonds. The highest BCUT2D eigenvalue weighted by molar-refractivity contribution is 6.36. The van der Waals surface area contributed by atoms with Gasteiger partial charge in [-0.05, 0) is 62.6 Å². The molecule has 0 atom stereocenters. The number of ketones is 1. The maximum Gasteiger partial charge on any atom is 0.255 e. The first-order valence-corrected chi connectivity index (χ1v) is 13.0. The van der Waals surface area contributed by atoms with Crippen molar-refractivity contribution < 1.29 is 19.1 Å². The summed E-state index contributed by atoms with van der Waals surface area (Å²) in [5, 5.41) is 6.06. The van der Waals surface area contributed by atoms with Gasteiger partial charge >= 0.3 is 0 Å². The zero-order valence-corrected chi connectivity index (χ0v) is 23.1. The number of hydrogen-bond donors (Lipinski definition) is 2. The lowest BCUT2D eigenvalue weighted by atomic mass is 9.71. The van der Waals surface area contributed by atoms with Gasteiger partial charge in [0.15, 0.2) is 5.78 Å². The molecule has 0 aromatic heterocycles. The van der Waals surface area contributed by atoms with Crippen LogP contribution < -0.4 is 15.4 Å². The number of aliphatic imine (C=N–C) groups is 1. The molecule has 0 radical (unpaired) electrons. The summed E-state index contributed by atoms with van der Waals surface area (Å²) >= 11 is 6.41. The second kappa shape index (κ2) is 11.0. The average molecular weight is 534 g/mol. The Labute approximate surface area is 228 Å². The first-order valence-electron chi connectivity index (χ1n) is 12.6. The van der Waals surface area contributed by atoms with Crippen LogP contribution in [0.5, 0.6) is 5.75 Å². The molecule has 0 unspecified atom stereocenters. The van der Waals surface area contributed by atoms with Gasteiger partial charge in [0.2, 0.25) is 5.91 Å². The van der Waals surface area contributed by atoms with Crippen molar-refractivity contribution in [1.29, 1.82) is 0 Å². The lowest BCUT2D eigenvalue weighted by Crippen LogP contribution is -2.46. The van der Waals surface area contributed by atoms with E-state index in [1.54, 1.807) is 12.1 Å². The van der Waals surface area contributed by atoms with E-state index in [0.29, 0.717) is 47.3 Å². The number of carbonyl (C=O) groups excluding carboxylic acids is 3. The number of Topliss-reactive ketones (excluding diaryl/α,β-unsaturated/α-hetero) is 1. The highest BCUT2D eigenvalue weighted by Crippen LogP contribution is 2.40. The Morgan fingerprint density at radius 1 is 1.11 bits per heavy atom. The number of rotatable bonds is 7. The molecule has 1 aliphatic heterocycles. The molecule has 7 nitrogen and oxygen atoms in total. The van der Waals surface area contributed by atoms with E-state index in [2.05, 4.69) is 21.7 Å². The maximum absolute atomic E-state index is 13.5. The average Bonchev–Trinajstić information content (AvgIpc) is 2.82. The molecule has 0 bridgehead atoms. The van der Waals surface area contributed by atoms with E-state index in [0.717, 1.165) is 16.9 Å². The number of ether oxygens (including phenoxy) is 1. The smallest absolute Gasteiger partial charge is 0.255 e. The second-order valence-electron chi connectivity index (χ2n) is 10.4. The number of halogens is 1. The number of nitrogens with one attached hydrogen (secondary N) is 2. The van der Waals surface area contributed by atoms with E-state index in [-0.39, 0.29) is 17.9 Å². The Kier molecular flexibility index (Phi) is 7.88. The van der Waals surface area contributed by atoms with Crippen molar-refractivity contribution >= 4 is 40.6 Å². The normalized spacial score (nSPS) is 17.6. The molecular formula is C30H32ClN3O4. The van der Waals surface area contributed by atoms with Gasteiger partial charge in [-0.2, -0.15) is 0 Å². The zero-order chi connectivity index (χ0) is 27.6. The second-order valence-corrected chi connectivity index (χ2v) is 10.8. The van der Waals surface area contributed by atoms with E-state index >= 15 is 0 Å². The predicted octanol–water partition coefficient (Wildman–Crippen LogP) is 5.23. The predicted molar refractivity (Wildman–Crippen MR) is 149 cm³/mol. The van der Waals surface area contributed by atoms with Crippen LogP contribution in [0, 0.1) is 26.2 Å². The third-order valence-electron chi connectivity index (χ3n) is 6.59. The van der Waals surface area contributed by atoms with Gasteiger partial charge < -0.3 is 15.4 Å². The summed E-state index contributed by atoms with van der Waals surface area (Å²) in [6, 6.07) is 11.4. The van der Waals surface area contributed by atoms with Crippen molar-refractivity contribution in [2.24, 2.45) is 10.4 Å². The van der Waals surface area contributed by atoms with Crippen molar-refractivity contribution in [1.82, 2.24) is 10.6 Å². The van der Waals surface area contributed by atoms with Crippen molar-refractivity contribution in [3.63, 3.8) is 0 Å². The first kappa shape index (κ1) is 27.3. The monoisotopic (exact) mass is 533 g/mol. The summed E-state index contributed by atoms with van der Waals surface area (Å²) in [5.74, 6) is -0.315. The number of benzene rings is 2. The van der Waals surface area contributed by atoms with Gasteiger partial charge in [-0.3, -0.25) is 14.4 Å². The summed E-state index contributed by atoms with van der Waals surface area (Å²) in [4.78, 5) is 43.8. The molecule has 1 aliphatic carbocycles. The quantitative estimate of drug-likeness (QED) is 0.289. The van der Waals surface area contributed by atoms with E-state index < -0.39 is 17.1 Å². The van der Waals surface area contributed by atoms with Crippen molar-refractivity contribution in [2.45, 2.75) is 47.5 Å². The molecule has 198 valence electrons. The molecule has 0 fully saturated rings. The van der Waals surface area contributed by atoms with E-state index in [4.69, 9.17) is 16.3 Å². The molecule has 2 aromatic rings. The fourth-order valence-electron chi connectivity index (χ4n) is 4.70. The van der Waals surface area contributed by atoms with E-state index in [9.17, 15) is 14.4 Å². The highest BCUT2D eigenvalue weighted by atomic mass is 35.5. The standard InChI is InChI=1S/C30H32ClN3O4/c1-17-8-10-24(19(3)13-17)38-12-6-11-32-29(37)20-15-23(33-22-9-7-18(2)14-21(22)31)27-26(28(20)36)30(4,5)16-25(35)34-27/h7-10,13-15H,6,11-12,16H2,1-5H3,(H,32,37)(H,34,35). The first-order chi connectivity index (χ1) is 18.0. The minimum absolute atomic E-state index is 0.0229. The zero-order valence-electron chi connectivity index (χ0n) is 22.3. The minimum Gasteiger partial charge on any atom is -0.493 e. The van der Waals surface area contributed by atoms with Crippen molar-refractivity contribution in [3.8, 4) is 5.75 Å². The number of nitrogens with zero attached hydrogens (tertiary/aromatic N) is 1. The Hall–Kier alpha value is -3.71. The number of hydrogen-bond acceptors (Lipinski definition) is 5. The van der Waals surface area contributed by atoms with Gasteiger partial charge in [0.1, 0.15) is 5.75 Å². The number of amides is 2. The molecule has 0 spiro atoms. The van der Waals surface area contributed by atoms with Crippen LogP contribution in [0.2, 0.25) is 5.02 Å². The minimum atomic E-state index is -0.772. The summed E-state index contributed by atoms with van der Waals surface area (Å²) < 4.78 is 5.84. The van der Waals surface area contributed by atoms with Crippen LogP contribution >= 0.6 is 11.6 Å². The van der Waals surface area contributed by atoms with Crippen LogP contribution in [0.15, 0.2) is 64.3 Å². The Bertz CT molecular complexity index is 1420. The molecule has 38 heavy (non-hydrogen) atoms. The molecular weight excluding hydrogens is 502 g/mol. The maximum atomic E-state index is 13.5. The van der Waals surface area contributed by atoms with Gasteiger partial charge in [0, 0.05) is 24.0 Å². The van der Waals surface area contributed by atoms with E-state index in [1.165, 1.54) is 11.6 Å². The Morgan fingerprint density at radius 2 is 1.82 bits per heavy atom. The molecule has 8 heteroatoms. The van der Waals surface area contributed by atoms with Crippen LogP contribution in [-0.4, -0.2) is 36.5 Å². The van der Waals surface area contributed by atoms with Crippen LogP contribution in [-0.2, 0) is 14.4 Å². The lowest BCUT2D eigenvalue weighted by molar-refractivity contribution is -0.123. The molecule has 0 saturated carbocycles. The molecule has 2 aliphatic rings. The molecule has 1 heterocycles.